The summed E-state index contributed by atoms with van der Waals surface area (Å²) >= 11 is 6.01. The van der Waals surface area contributed by atoms with Gasteiger partial charge in [0.15, 0.2) is 0 Å². The maximum atomic E-state index is 14.2. The van der Waals surface area contributed by atoms with Crippen LogP contribution in [-0.2, 0) is 11.1 Å². The zero-order valence-electron chi connectivity index (χ0n) is 12.4. The number of benzene rings is 3. The Labute approximate surface area is 140 Å². The van der Waals surface area contributed by atoms with Crippen LogP contribution in [0.4, 0.5) is 5.69 Å². The van der Waals surface area contributed by atoms with Crippen molar-refractivity contribution in [2.24, 2.45) is 0 Å². The lowest BCUT2D eigenvalue weighted by molar-refractivity contribution is 0.585. The van der Waals surface area contributed by atoms with Gasteiger partial charge in [0.2, 0.25) is 7.29 Å². The molecule has 0 spiro atoms. The summed E-state index contributed by atoms with van der Waals surface area (Å²) in [6.45, 7) is 0.653. The van der Waals surface area contributed by atoms with Crippen LogP contribution in [0.2, 0.25) is 5.02 Å². The molecule has 3 aromatic carbocycles. The Hall–Kier alpha value is -2.02. The van der Waals surface area contributed by atoms with Crippen LogP contribution in [0.15, 0.2) is 78.9 Å². The van der Waals surface area contributed by atoms with Gasteiger partial charge in [-0.2, -0.15) is 0 Å². The Morgan fingerprint density at radius 1 is 0.826 bits per heavy atom. The molecule has 23 heavy (non-hydrogen) atoms. The molecular weight excluding hydrogens is 325 g/mol. The van der Waals surface area contributed by atoms with Gasteiger partial charge >= 0.3 is 0 Å². The van der Waals surface area contributed by atoms with Gasteiger partial charge in [-0.25, -0.2) is 0 Å². The summed E-state index contributed by atoms with van der Waals surface area (Å²) in [5, 5.41) is 2.39. The first-order valence-corrected chi connectivity index (χ1v) is 9.51. The van der Waals surface area contributed by atoms with Crippen molar-refractivity contribution < 1.29 is 4.57 Å². The van der Waals surface area contributed by atoms with Gasteiger partial charge in [0, 0.05) is 21.3 Å². The van der Waals surface area contributed by atoms with Crippen molar-refractivity contribution in [3.05, 3.63) is 89.4 Å². The molecule has 1 heterocycles. The van der Waals surface area contributed by atoms with Crippen molar-refractivity contribution in [1.29, 1.82) is 0 Å². The molecule has 0 bridgehead atoms. The zero-order chi connectivity index (χ0) is 15.9. The van der Waals surface area contributed by atoms with Crippen molar-refractivity contribution in [1.82, 2.24) is 0 Å². The molecule has 3 aromatic rings. The average molecular weight is 340 g/mol. The molecule has 2 nitrogen and oxygen atoms in total. The van der Waals surface area contributed by atoms with E-state index in [1.807, 2.05) is 65.3 Å². The van der Waals surface area contributed by atoms with Crippen LogP contribution in [0.5, 0.6) is 0 Å². The van der Waals surface area contributed by atoms with Crippen molar-refractivity contribution >= 4 is 35.2 Å². The Bertz CT molecular complexity index is 893. The average Bonchev–Trinajstić information content (AvgIpc) is 2.91. The lowest BCUT2D eigenvalue weighted by Gasteiger charge is -2.27. The molecule has 0 N–H and O–H groups in total. The highest BCUT2D eigenvalue weighted by atomic mass is 35.5. The molecule has 4 heteroatoms. The van der Waals surface area contributed by atoms with E-state index in [2.05, 4.69) is 6.07 Å². The summed E-state index contributed by atoms with van der Waals surface area (Å²) in [7, 11) is -2.89. The van der Waals surface area contributed by atoms with E-state index in [1.54, 1.807) is 12.1 Å². The second kappa shape index (κ2) is 5.56. The Morgan fingerprint density at radius 3 is 2.22 bits per heavy atom. The Balaban J connectivity index is 1.94. The highest BCUT2D eigenvalue weighted by Gasteiger charge is 2.42. The number of nitrogens with zero attached hydrogens (tertiary/aromatic N) is 1. The van der Waals surface area contributed by atoms with Gasteiger partial charge in [0.25, 0.3) is 0 Å². The van der Waals surface area contributed by atoms with E-state index in [4.69, 9.17) is 11.6 Å². The largest absolute Gasteiger partial charge is 0.311 e. The SMILES string of the molecule is O=P1(c2ccc(Cl)cc2)c2ccccc2CN1c1ccccc1. The third-order valence-corrected chi connectivity index (χ3v) is 7.60. The van der Waals surface area contributed by atoms with Gasteiger partial charge in [0.1, 0.15) is 0 Å². The molecule has 4 rings (SSSR count). The third-order valence-electron chi connectivity index (χ3n) is 4.21. The van der Waals surface area contributed by atoms with Crippen molar-refractivity contribution in [2.75, 3.05) is 4.67 Å². The van der Waals surface area contributed by atoms with E-state index in [-0.39, 0.29) is 0 Å². The molecule has 1 atom stereocenters. The summed E-state index contributed by atoms with van der Waals surface area (Å²) in [5.41, 5.74) is 2.09. The third kappa shape index (κ3) is 2.30. The molecule has 1 aliphatic rings. The van der Waals surface area contributed by atoms with Crippen molar-refractivity contribution in [2.45, 2.75) is 6.54 Å². The highest BCUT2D eigenvalue weighted by Crippen LogP contribution is 2.55. The maximum Gasteiger partial charge on any atom is 0.230 e. The lowest BCUT2D eigenvalue weighted by atomic mass is 10.2. The number of hydrogen-bond donors (Lipinski definition) is 0. The zero-order valence-corrected chi connectivity index (χ0v) is 14.0. The summed E-state index contributed by atoms with van der Waals surface area (Å²) in [6.07, 6.45) is 0. The van der Waals surface area contributed by atoms with E-state index < -0.39 is 7.29 Å². The van der Waals surface area contributed by atoms with E-state index in [0.29, 0.717) is 11.6 Å². The van der Waals surface area contributed by atoms with Gasteiger partial charge in [0.05, 0.1) is 6.54 Å². The first kappa shape index (κ1) is 14.6. The highest BCUT2D eigenvalue weighted by molar-refractivity contribution is 7.80. The first-order chi connectivity index (χ1) is 11.2. The van der Waals surface area contributed by atoms with Crippen molar-refractivity contribution in [3.8, 4) is 0 Å². The standard InChI is InChI=1S/C19H15ClNOP/c20-16-10-12-18(13-11-16)23(22)19-9-5-4-6-15(19)14-21(23)17-7-2-1-3-8-17/h1-13H,14H2. The molecule has 0 radical (unpaired) electrons. The molecule has 0 aromatic heterocycles. The van der Waals surface area contributed by atoms with Crippen LogP contribution in [0.1, 0.15) is 5.56 Å². The van der Waals surface area contributed by atoms with Gasteiger partial charge in [-0.15, -0.1) is 0 Å². The predicted octanol–water partition coefficient (Wildman–Crippen LogP) is 4.59. The van der Waals surface area contributed by atoms with Crippen molar-refractivity contribution in [3.63, 3.8) is 0 Å². The molecule has 0 saturated heterocycles. The molecule has 0 fully saturated rings. The van der Waals surface area contributed by atoms with Crippen LogP contribution < -0.4 is 15.3 Å². The number of halogens is 1. The summed E-state index contributed by atoms with van der Waals surface area (Å²) in [6, 6.07) is 25.3. The van der Waals surface area contributed by atoms with Gasteiger partial charge in [-0.1, -0.05) is 48.0 Å². The predicted molar refractivity (Wildman–Crippen MR) is 97.4 cm³/mol. The molecule has 0 aliphatic carbocycles. The maximum absolute atomic E-state index is 14.2. The van der Waals surface area contributed by atoms with Crippen LogP contribution >= 0.6 is 18.9 Å². The summed E-state index contributed by atoms with van der Waals surface area (Å²) in [5.74, 6) is 0. The number of para-hydroxylation sites is 1. The minimum Gasteiger partial charge on any atom is -0.311 e. The number of hydrogen-bond acceptors (Lipinski definition) is 1. The molecule has 1 unspecified atom stereocenters. The second-order valence-corrected chi connectivity index (χ2v) is 8.64. The minimum atomic E-state index is -2.89. The quantitative estimate of drug-likeness (QED) is 0.636. The fourth-order valence-corrected chi connectivity index (χ4v) is 6.24. The van der Waals surface area contributed by atoms with E-state index in [9.17, 15) is 4.57 Å². The molecule has 0 amide bonds. The van der Waals surface area contributed by atoms with Crippen LogP contribution in [-0.4, -0.2) is 0 Å². The molecule has 0 saturated carbocycles. The van der Waals surface area contributed by atoms with E-state index in [1.165, 1.54) is 0 Å². The lowest BCUT2D eigenvalue weighted by Crippen LogP contribution is -2.24. The first-order valence-electron chi connectivity index (χ1n) is 7.47. The second-order valence-electron chi connectivity index (χ2n) is 5.57. The van der Waals surface area contributed by atoms with Crippen LogP contribution in [0.25, 0.3) is 0 Å². The number of fused-ring (bicyclic) bond motifs is 1. The normalized spacial score (nSPS) is 19.6. The monoisotopic (exact) mass is 339 g/mol. The fraction of sp³-hybridized carbons (Fsp3) is 0.0526. The molecule has 114 valence electrons. The summed E-state index contributed by atoms with van der Waals surface area (Å²) < 4.78 is 16.2. The van der Waals surface area contributed by atoms with Crippen LogP contribution in [0, 0.1) is 0 Å². The van der Waals surface area contributed by atoms with E-state index >= 15 is 0 Å². The minimum absolute atomic E-state index is 0.652. The smallest absolute Gasteiger partial charge is 0.230 e. The fourth-order valence-electron chi connectivity index (χ4n) is 3.11. The summed E-state index contributed by atoms with van der Waals surface area (Å²) in [4.78, 5) is 0. The van der Waals surface area contributed by atoms with Gasteiger partial charge < -0.3 is 4.67 Å². The Morgan fingerprint density at radius 2 is 1.48 bits per heavy atom. The van der Waals surface area contributed by atoms with Crippen LogP contribution in [0.3, 0.4) is 0 Å². The topological polar surface area (TPSA) is 20.3 Å². The number of rotatable bonds is 2. The van der Waals surface area contributed by atoms with Gasteiger partial charge in [-0.3, -0.25) is 4.57 Å². The Kier molecular flexibility index (Phi) is 3.52. The molecule has 1 aliphatic heterocycles. The molecular formula is C19H15ClNOP. The number of anilines is 1. The van der Waals surface area contributed by atoms with E-state index in [0.717, 1.165) is 21.9 Å². The van der Waals surface area contributed by atoms with Gasteiger partial charge in [-0.05, 0) is 48.0 Å².